The van der Waals surface area contributed by atoms with E-state index in [0.29, 0.717) is 11.3 Å². The zero-order valence-electron chi connectivity index (χ0n) is 9.38. The zero-order valence-corrected chi connectivity index (χ0v) is 11.0. The Morgan fingerprint density at radius 2 is 1.89 bits per heavy atom. The summed E-state index contributed by atoms with van der Waals surface area (Å²) in [5.41, 5.74) is 1.50. The van der Waals surface area contributed by atoms with Crippen molar-refractivity contribution in [2.24, 2.45) is 0 Å². The molecule has 1 N–H and O–H groups in total. The molecule has 4 heteroatoms. The Balaban J connectivity index is 2.43. The molecule has 0 unspecified atom stereocenters. The van der Waals surface area contributed by atoms with Crippen LogP contribution in [0.3, 0.4) is 0 Å². The van der Waals surface area contributed by atoms with E-state index in [4.69, 9.17) is 0 Å². The molecule has 2 rings (SSSR count). The number of benzene rings is 1. The molecule has 90 valence electrons. The topological polar surface area (TPSA) is 50.2 Å². The van der Waals surface area contributed by atoms with Crippen LogP contribution in [0, 0.1) is 0 Å². The van der Waals surface area contributed by atoms with Gasteiger partial charge in [0.1, 0.15) is 0 Å². The predicted octanol–water partition coefficient (Wildman–Crippen LogP) is 3.47. The summed E-state index contributed by atoms with van der Waals surface area (Å²) in [5.74, 6) is -0.967. The van der Waals surface area contributed by atoms with Crippen LogP contribution in [0.15, 0.2) is 53.1 Å². The van der Waals surface area contributed by atoms with Crippen molar-refractivity contribution in [2.75, 3.05) is 0 Å². The van der Waals surface area contributed by atoms with Crippen molar-refractivity contribution in [1.29, 1.82) is 0 Å². The molecule has 0 bridgehead atoms. The van der Waals surface area contributed by atoms with Crippen molar-refractivity contribution < 1.29 is 9.90 Å². The van der Waals surface area contributed by atoms with Gasteiger partial charge in [-0.1, -0.05) is 30.3 Å². The Bertz CT molecular complexity index is 577. The molecule has 1 aromatic carbocycles. The van der Waals surface area contributed by atoms with Crippen molar-refractivity contribution in [3.8, 4) is 0 Å². The standard InChI is InChI=1S/C14H10BrNO2/c15-11-6-7-12(16-9-11)8-13(14(17)18)10-4-2-1-3-5-10/h1-9H,(H,17,18)/b13-8+. The van der Waals surface area contributed by atoms with Crippen molar-refractivity contribution in [2.45, 2.75) is 0 Å². The third kappa shape index (κ3) is 3.05. The fourth-order valence-electron chi connectivity index (χ4n) is 1.51. The van der Waals surface area contributed by atoms with E-state index in [0.717, 1.165) is 4.47 Å². The van der Waals surface area contributed by atoms with Crippen LogP contribution in [-0.2, 0) is 4.79 Å². The average Bonchev–Trinajstić information content (AvgIpc) is 2.38. The van der Waals surface area contributed by atoms with Crippen LogP contribution in [0.1, 0.15) is 11.3 Å². The van der Waals surface area contributed by atoms with Crippen LogP contribution < -0.4 is 0 Å². The lowest BCUT2D eigenvalue weighted by atomic mass is 10.0. The zero-order chi connectivity index (χ0) is 13.0. The maximum Gasteiger partial charge on any atom is 0.336 e. The molecule has 0 saturated carbocycles. The summed E-state index contributed by atoms with van der Waals surface area (Å²) in [7, 11) is 0. The van der Waals surface area contributed by atoms with Gasteiger partial charge in [-0.25, -0.2) is 4.79 Å². The van der Waals surface area contributed by atoms with Gasteiger partial charge in [-0.2, -0.15) is 0 Å². The molecule has 2 aromatic rings. The van der Waals surface area contributed by atoms with E-state index < -0.39 is 5.97 Å². The molecular formula is C14H10BrNO2. The molecule has 0 spiro atoms. The number of carbonyl (C=O) groups is 1. The van der Waals surface area contributed by atoms with Crippen molar-refractivity contribution in [3.63, 3.8) is 0 Å². The number of carboxylic acids is 1. The summed E-state index contributed by atoms with van der Waals surface area (Å²) in [5, 5.41) is 9.24. The molecule has 0 aliphatic rings. The molecule has 0 atom stereocenters. The average molecular weight is 304 g/mol. The minimum atomic E-state index is -0.967. The van der Waals surface area contributed by atoms with Gasteiger partial charge in [-0.3, -0.25) is 4.98 Å². The number of hydrogen-bond acceptors (Lipinski definition) is 2. The van der Waals surface area contributed by atoms with Crippen LogP contribution in [0.25, 0.3) is 11.6 Å². The first-order chi connectivity index (χ1) is 8.66. The number of aliphatic carboxylic acids is 1. The Morgan fingerprint density at radius 3 is 2.44 bits per heavy atom. The predicted molar refractivity (Wildman–Crippen MR) is 73.9 cm³/mol. The van der Waals surface area contributed by atoms with Crippen LogP contribution in [-0.4, -0.2) is 16.1 Å². The van der Waals surface area contributed by atoms with Gasteiger partial charge >= 0.3 is 5.97 Å². The van der Waals surface area contributed by atoms with E-state index in [1.807, 2.05) is 12.1 Å². The summed E-state index contributed by atoms with van der Waals surface area (Å²) in [4.78, 5) is 15.4. The fourth-order valence-corrected chi connectivity index (χ4v) is 1.74. The van der Waals surface area contributed by atoms with Gasteiger partial charge in [0.05, 0.1) is 11.3 Å². The lowest BCUT2D eigenvalue weighted by molar-refractivity contribution is -0.130. The summed E-state index contributed by atoms with van der Waals surface area (Å²) in [6.45, 7) is 0. The second kappa shape index (κ2) is 5.60. The third-order valence-corrected chi connectivity index (χ3v) is 2.83. The van der Waals surface area contributed by atoms with Gasteiger partial charge in [0.25, 0.3) is 0 Å². The second-order valence-corrected chi connectivity index (χ2v) is 4.55. The number of hydrogen-bond donors (Lipinski definition) is 1. The number of rotatable bonds is 3. The molecule has 0 amide bonds. The van der Waals surface area contributed by atoms with Gasteiger partial charge in [0.15, 0.2) is 0 Å². The number of pyridine rings is 1. The SMILES string of the molecule is O=C(O)/C(=C/c1ccc(Br)cn1)c1ccccc1. The first-order valence-electron chi connectivity index (χ1n) is 5.29. The van der Waals surface area contributed by atoms with E-state index >= 15 is 0 Å². The first-order valence-corrected chi connectivity index (χ1v) is 6.08. The Kier molecular flexibility index (Phi) is 3.89. The molecular weight excluding hydrogens is 294 g/mol. The molecule has 1 heterocycles. The van der Waals surface area contributed by atoms with E-state index in [-0.39, 0.29) is 5.57 Å². The fraction of sp³-hybridized carbons (Fsp3) is 0. The molecule has 18 heavy (non-hydrogen) atoms. The largest absolute Gasteiger partial charge is 0.478 e. The maximum absolute atomic E-state index is 11.3. The molecule has 1 aromatic heterocycles. The maximum atomic E-state index is 11.3. The molecule has 0 saturated heterocycles. The highest BCUT2D eigenvalue weighted by Gasteiger charge is 2.10. The van der Waals surface area contributed by atoms with Gasteiger partial charge in [-0.05, 0) is 39.7 Å². The van der Waals surface area contributed by atoms with Crippen LogP contribution in [0.2, 0.25) is 0 Å². The van der Waals surface area contributed by atoms with Crippen molar-refractivity contribution >= 4 is 33.5 Å². The molecule has 0 radical (unpaired) electrons. The number of halogens is 1. The molecule has 0 fully saturated rings. The number of nitrogens with zero attached hydrogens (tertiary/aromatic N) is 1. The normalized spacial score (nSPS) is 11.3. The summed E-state index contributed by atoms with van der Waals surface area (Å²) >= 11 is 3.29. The van der Waals surface area contributed by atoms with Crippen LogP contribution in [0.4, 0.5) is 0 Å². The molecule has 3 nitrogen and oxygen atoms in total. The van der Waals surface area contributed by atoms with Gasteiger partial charge in [-0.15, -0.1) is 0 Å². The number of carboxylic acid groups (broad SMARTS) is 1. The highest BCUT2D eigenvalue weighted by atomic mass is 79.9. The van der Waals surface area contributed by atoms with E-state index in [1.165, 1.54) is 0 Å². The van der Waals surface area contributed by atoms with Crippen LogP contribution >= 0.6 is 15.9 Å². The monoisotopic (exact) mass is 303 g/mol. The van der Waals surface area contributed by atoms with E-state index in [2.05, 4.69) is 20.9 Å². The summed E-state index contributed by atoms with van der Waals surface area (Å²) in [6.07, 6.45) is 3.19. The van der Waals surface area contributed by atoms with E-state index in [9.17, 15) is 9.90 Å². The van der Waals surface area contributed by atoms with Gasteiger partial charge in [0.2, 0.25) is 0 Å². The highest BCUT2D eigenvalue weighted by Crippen LogP contribution is 2.18. The van der Waals surface area contributed by atoms with Gasteiger partial charge < -0.3 is 5.11 Å². The minimum Gasteiger partial charge on any atom is -0.478 e. The Morgan fingerprint density at radius 1 is 1.17 bits per heavy atom. The lowest BCUT2D eigenvalue weighted by Crippen LogP contribution is -1.99. The third-order valence-electron chi connectivity index (χ3n) is 2.36. The van der Waals surface area contributed by atoms with Crippen LogP contribution in [0.5, 0.6) is 0 Å². The highest BCUT2D eigenvalue weighted by molar-refractivity contribution is 9.10. The summed E-state index contributed by atoms with van der Waals surface area (Å²) in [6, 6.07) is 12.6. The van der Waals surface area contributed by atoms with Gasteiger partial charge in [0, 0.05) is 10.7 Å². The van der Waals surface area contributed by atoms with Crippen molar-refractivity contribution in [1.82, 2.24) is 4.98 Å². The quantitative estimate of drug-likeness (QED) is 0.883. The second-order valence-electron chi connectivity index (χ2n) is 3.63. The first kappa shape index (κ1) is 12.5. The molecule has 0 aliphatic carbocycles. The summed E-state index contributed by atoms with van der Waals surface area (Å²) < 4.78 is 0.858. The lowest BCUT2D eigenvalue weighted by Gasteiger charge is -2.02. The Labute approximate surface area is 113 Å². The van der Waals surface area contributed by atoms with E-state index in [1.54, 1.807) is 42.6 Å². The minimum absolute atomic E-state index is 0.227. The Hall–Kier alpha value is -1.94. The smallest absolute Gasteiger partial charge is 0.336 e. The van der Waals surface area contributed by atoms with Crippen molar-refractivity contribution in [3.05, 3.63) is 64.4 Å². The number of aromatic nitrogens is 1. The molecule has 0 aliphatic heterocycles.